The Bertz CT molecular complexity index is 302. The molecule has 0 spiro atoms. The summed E-state index contributed by atoms with van der Waals surface area (Å²) in [6, 6.07) is 10.9. The van der Waals surface area contributed by atoms with Gasteiger partial charge in [-0.2, -0.15) is 0 Å². The van der Waals surface area contributed by atoms with Crippen molar-refractivity contribution in [1.82, 2.24) is 0 Å². The van der Waals surface area contributed by atoms with E-state index in [1.54, 1.807) is 0 Å². The Labute approximate surface area is 110 Å². The summed E-state index contributed by atoms with van der Waals surface area (Å²) in [5, 5.41) is 0. The van der Waals surface area contributed by atoms with Crippen LogP contribution in [0.15, 0.2) is 35.2 Å². The van der Waals surface area contributed by atoms with E-state index in [0.717, 1.165) is 6.42 Å². The molecule has 1 aromatic rings. The van der Waals surface area contributed by atoms with Gasteiger partial charge in [0, 0.05) is 10.9 Å². The van der Waals surface area contributed by atoms with E-state index in [1.165, 1.54) is 23.5 Å². The molecule has 0 aromatic heterocycles. The van der Waals surface area contributed by atoms with Gasteiger partial charge in [0.15, 0.2) is 0 Å². The molecule has 1 aromatic carbocycles. The third kappa shape index (κ3) is 6.13. The van der Waals surface area contributed by atoms with Crippen LogP contribution in [-0.2, 0) is 0 Å². The third-order valence-electron chi connectivity index (χ3n) is 3.03. The fourth-order valence-corrected chi connectivity index (χ4v) is 2.54. The summed E-state index contributed by atoms with van der Waals surface area (Å²) in [4.78, 5) is 1.37. The highest BCUT2D eigenvalue weighted by molar-refractivity contribution is 7.99. The lowest BCUT2D eigenvalue weighted by Crippen LogP contribution is -2.34. The van der Waals surface area contributed by atoms with Gasteiger partial charge < -0.3 is 5.73 Å². The molecule has 0 saturated carbocycles. The summed E-state index contributed by atoms with van der Waals surface area (Å²) < 4.78 is 0. The molecule has 1 unspecified atom stereocenters. The second kappa shape index (κ2) is 7.07. The third-order valence-corrected chi connectivity index (χ3v) is 4.13. The van der Waals surface area contributed by atoms with Crippen molar-refractivity contribution in [2.24, 2.45) is 11.1 Å². The van der Waals surface area contributed by atoms with Gasteiger partial charge >= 0.3 is 0 Å². The summed E-state index contributed by atoms with van der Waals surface area (Å²) >= 11 is 1.94. The fourth-order valence-electron chi connectivity index (χ4n) is 1.61. The Morgan fingerprint density at radius 3 is 2.35 bits per heavy atom. The molecular weight excluding hydrogens is 226 g/mol. The maximum atomic E-state index is 6.14. The first kappa shape index (κ1) is 14.6. The quantitative estimate of drug-likeness (QED) is 0.602. The van der Waals surface area contributed by atoms with E-state index in [2.05, 4.69) is 51.1 Å². The lowest BCUT2D eigenvalue weighted by Gasteiger charge is -2.26. The molecule has 0 aliphatic rings. The fraction of sp³-hybridized carbons (Fsp3) is 0.600. The van der Waals surface area contributed by atoms with Gasteiger partial charge in [-0.3, -0.25) is 0 Å². The SMILES string of the molecule is CC(C)(C)C(N)CCCCSc1ccccc1. The predicted molar refractivity (Wildman–Crippen MR) is 78.4 cm³/mol. The molecule has 1 rings (SSSR count). The van der Waals surface area contributed by atoms with Crippen molar-refractivity contribution in [2.45, 2.75) is 51.0 Å². The molecule has 96 valence electrons. The largest absolute Gasteiger partial charge is 0.327 e. The smallest absolute Gasteiger partial charge is 0.00876 e. The standard InChI is InChI=1S/C15H25NS/c1-15(2,3)14(16)11-7-8-12-17-13-9-5-4-6-10-13/h4-6,9-10,14H,7-8,11-12,16H2,1-3H3. The maximum absolute atomic E-state index is 6.14. The average molecular weight is 251 g/mol. The van der Waals surface area contributed by atoms with Gasteiger partial charge in [0.2, 0.25) is 0 Å². The second-order valence-electron chi connectivity index (χ2n) is 5.63. The number of hydrogen-bond acceptors (Lipinski definition) is 2. The van der Waals surface area contributed by atoms with Crippen molar-refractivity contribution >= 4 is 11.8 Å². The first-order valence-electron chi connectivity index (χ1n) is 6.43. The van der Waals surface area contributed by atoms with Crippen LogP contribution >= 0.6 is 11.8 Å². The number of rotatable bonds is 6. The van der Waals surface area contributed by atoms with Crippen LogP contribution in [0.25, 0.3) is 0 Å². The number of hydrogen-bond donors (Lipinski definition) is 1. The Morgan fingerprint density at radius 2 is 1.76 bits per heavy atom. The van der Waals surface area contributed by atoms with Crippen molar-refractivity contribution in [3.8, 4) is 0 Å². The summed E-state index contributed by atoms with van der Waals surface area (Å²) in [6.45, 7) is 6.66. The highest BCUT2D eigenvalue weighted by atomic mass is 32.2. The molecule has 0 heterocycles. The van der Waals surface area contributed by atoms with E-state index < -0.39 is 0 Å². The van der Waals surface area contributed by atoms with Gasteiger partial charge in [0.25, 0.3) is 0 Å². The van der Waals surface area contributed by atoms with Crippen LogP contribution in [0.3, 0.4) is 0 Å². The van der Waals surface area contributed by atoms with Crippen molar-refractivity contribution in [2.75, 3.05) is 5.75 Å². The normalized spacial score (nSPS) is 13.6. The molecule has 1 atom stereocenters. The zero-order chi connectivity index (χ0) is 12.7. The van der Waals surface area contributed by atoms with Crippen molar-refractivity contribution < 1.29 is 0 Å². The van der Waals surface area contributed by atoms with Gasteiger partial charge in [-0.05, 0) is 36.1 Å². The van der Waals surface area contributed by atoms with E-state index in [9.17, 15) is 0 Å². The lowest BCUT2D eigenvalue weighted by molar-refractivity contribution is 0.301. The number of unbranched alkanes of at least 4 members (excludes halogenated alkanes) is 1. The van der Waals surface area contributed by atoms with Crippen LogP contribution < -0.4 is 5.73 Å². The molecule has 2 N–H and O–H groups in total. The molecule has 1 nitrogen and oxygen atoms in total. The molecule has 17 heavy (non-hydrogen) atoms. The van der Waals surface area contributed by atoms with Crippen LogP contribution in [0.5, 0.6) is 0 Å². The monoisotopic (exact) mass is 251 g/mol. The topological polar surface area (TPSA) is 26.0 Å². The maximum Gasteiger partial charge on any atom is 0.00876 e. The molecule has 0 saturated heterocycles. The molecule has 0 fully saturated rings. The van der Waals surface area contributed by atoms with Gasteiger partial charge in [-0.25, -0.2) is 0 Å². The van der Waals surface area contributed by atoms with Gasteiger partial charge in [0.05, 0.1) is 0 Å². The van der Waals surface area contributed by atoms with Crippen molar-refractivity contribution in [3.63, 3.8) is 0 Å². The lowest BCUT2D eigenvalue weighted by atomic mass is 9.84. The summed E-state index contributed by atoms with van der Waals surface area (Å²) in [6.07, 6.45) is 3.63. The van der Waals surface area contributed by atoms with E-state index in [4.69, 9.17) is 5.73 Å². The number of benzene rings is 1. The Hall–Kier alpha value is -0.470. The van der Waals surface area contributed by atoms with Gasteiger partial charge in [-0.1, -0.05) is 45.4 Å². The molecule has 2 heteroatoms. The summed E-state index contributed by atoms with van der Waals surface area (Å²) in [5.74, 6) is 1.20. The van der Waals surface area contributed by atoms with Crippen molar-refractivity contribution in [3.05, 3.63) is 30.3 Å². The second-order valence-corrected chi connectivity index (χ2v) is 6.80. The number of thioether (sulfide) groups is 1. The van der Waals surface area contributed by atoms with Gasteiger partial charge in [0.1, 0.15) is 0 Å². The molecule has 0 bridgehead atoms. The molecule has 0 aliphatic carbocycles. The first-order chi connectivity index (χ1) is 8.00. The molecule has 0 amide bonds. The number of nitrogens with two attached hydrogens (primary N) is 1. The minimum atomic E-state index is 0.243. The summed E-state index contributed by atoms with van der Waals surface area (Å²) in [5.41, 5.74) is 6.38. The molecule has 0 radical (unpaired) electrons. The van der Waals surface area contributed by atoms with E-state index in [-0.39, 0.29) is 5.41 Å². The zero-order valence-electron chi connectivity index (χ0n) is 11.3. The summed E-state index contributed by atoms with van der Waals surface area (Å²) in [7, 11) is 0. The van der Waals surface area contributed by atoms with Crippen LogP contribution in [0.1, 0.15) is 40.0 Å². The van der Waals surface area contributed by atoms with Crippen LogP contribution in [0, 0.1) is 5.41 Å². The van der Waals surface area contributed by atoms with Crippen molar-refractivity contribution in [1.29, 1.82) is 0 Å². The Morgan fingerprint density at radius 1 is 1.12 bits per heavy atom. The van der Waals surface area contributed by atoms with Crippen LogP contribution in [0.2, 0.25) is 0 Å². The van der Waals surface area contributed by atoms with Crippen LogP contribution in [-0.4, -0.2) is 11.8 Å². The minimum Gasteiger partial charge on any atom is -0.327 e. The molecule has 0 aliphatic heterocycles. The zero-order valence-corrected chi connectivity index (χ0v) is 12.1. The van der Waals surface area contributed by atoms with E-state index >= 15 is 0 Å². The highest BCUT2D eigenvalue weighted by Crippen LogP contribution is 2.23. The average Bonchev–Trinajstić information content (AvgIpc) is 2.28. The Balaban J connectivity index is 2.09. The molecular formula is C15H25NS. The van der Waals surface area contributed by atoms with Crippen LogP contribution in [0.4, 0.5) is 0 Å². The predicted octanol–water partition coefficient (Wildman–Crippen LogP) is 4.32. The highest BCUT2D eigenvalue weighted by Gasteiger charge is 2.19. The first-order valence-corrected chi connectivity index (χ1v) is 7.42. The van der Waals surface area contributed by atoms with E-state index in [0.29, 0.717) is 6.04 Å². The minimum absolute atomic E-state index is 0.243. The van der Waals surface area contributed by atoms with Gasteiger partial charge in [-0.15, -0.1) is 11.8 Å². The Kier molecular flexibility index (Phi) is 6.07. The van der Waals surface area contributed by atoms with E-state index in [1.807, 2.05) is 11.8 Å².